The second-order valence-electron chi connectivity index (χ2n) is 3.35. The second kappa shape index (κ2) is 4.92. The van der Waals surface area contributed by atoms with Crippen LogP contribution in [0.15, 0.2) is 12.1 Å². The lowest BCUT2D eigenvalue weighted by atomic mass is 9.78. The Kier molecular flexibility index (Phi) is 3.94. The lowest BCUT2D eigenvalue weighted by Gasteiger charge is -2.10. The average Bonchev–Trinajstić information content (AvgIpc) is 2.18. The normalized spacial score (nSPS) is 11.1. The van der Waals surface area contributed by atoms with Gasteiger partial charge in [0.05, 0.1) is 5.56 Å². The first-order valence-electron chi connectivity index (χ1n) is 4.50. The van der Waals surface area contributed by atoms with Crippen LogP contribution >= 0.6 is 0 Å². The van der Waals surface area contributed by atoms with Gasteiger partial charge in [-0.3, -0.25) is 0 Å². The predicted molar refractivity (Wildman–Crippen MR) is 58.6 cm³/mol. The number of carbonyl (C=O) groups is 1. The highest BCUT2D eigenvalue weighted by Gasteiger charge is 2.22. The van der Waals surface area contributed by atoms with Crippen molar-refractivity contribution in [3.63, 3.8) is 0 Å². The van der Waals surface area contributed by atoms with E-state index in [9.17, 15) is 17.1 Å². The fourth-order valence-corrected chi connectivity index (χ4v) is 1.66. The fraction of sp³-hybridized carbons (Fsp3) is 0.125. The Morgan fingerprint density at radius 2 is 1.94 bits per heavy atom. The molecule has 1 rings (SSSR count). The highest BCUT2D eigenvalue weighted by atomic mass is 32.3. The number of carboxylic acid groups (broad SMARTS) is 1. The number of hydrogen-bond donors (Lipinski definition) is 3. The molecule has 1 aromatic rings. The molecule has 0 aliphatic carbocycles. The Labute approximate surface area is 102 Å². The van der Waals surface area contributed by atoms with E-state index >= 15 is 0 Å². The van der Waals surface area contributed by atoms with E-state index < -0.39 is 34.9 Å². The van der Waals surface area contributed by atoms with Gasteiger partial charge in [-0.05, 0) is 24.5 Å². The number of hydrogen-bond acceptors (Lipinski definition) is 6. The van der Waals surface area contributed by atoms with E-state index in [2.05, 4.69) is 4.18 Å². The molecule has 3 N–H and O–H groups in total. The molecule has 0 atom stereocenters. The zero-order chi connectivity index (χ0) is 14.1. The Morgan fingerprint density at radius 1 is 1.39 bits per heavy atom. The number of aromatic carboxylic acids is 1. The highest BCUT2D eigenvalue weighted by molar-refractivity contribution is 7.81. The molecule has 10 heteroatoms. The number of halogens is 1. The van der Waals surface area contributed by atoms with Crippen LogP contribution < -0.4 is 9.65 Å². The van der Waals surface area contributed by atoms with Crippen molar-refractivity contribution in [2.45, 2.75) is 6.92 Å². The van der Waals surface area contributed by atoms with Crippen molar-refractivity contribution in [3.8, 4) is 5.75 Å². The van der Waals surface area contributed by atoms with E-state index in [4.69, 9.17) is 15.2 Å². The monoisotopic (exact) mass is 278 g/mol. The third-order valence-electron chi connectivity index (χ3n) is 2.10. The van der Waals surface area contributed by atoms with Crippen LogP contribution in [-0.4, -0.2) is 36.7 Å². The molecule has 0 fully saturated rings. The fourth-order valence-electron chi connectivity index (χ4n) is 1.27. The van der Waals surface area contributed by atoms with Crippen molar-refractivity contribution in [1.82, 2.24) is 0 Å². The molecule has 0 radical (unpaired) electrons. The van der Waals surface area contributed by atoms with Crippen LogP contribution in [0.5, 0.6) is 5.75 Å². The van der Waals surface area contributed by atoms with Gasteiger partial charge in [0.1, 0.15) is 5.75 Å². The summed E-state index contributed by atoms with van der Waals surface area (Å²) in [5, 5.41) is 26.6. The molecule has 0 aliphatic rings. The minimum Gasteiger partial charge on any atom is -0.478 e. The number of carboxylic acids is 1. The molecular weight excluding hydrogens is 270 g/mol. The molecule has 98 valence electrons. The Hall–Kier alpha value is -1.65. The van der Waals surface area contributed by atoms with E-state index in [1.165, 1.54) is 6.92 Å². The van der Waals surface area contributed by atoms with Gasteiger partial charge in [0, 0.05) is 5.56 Å². The maximum atomic E-state index is 12.4. The third-order valence-corrected chi connectivity index (χ3v) is 2.48. The van der Waals surface area contributed by atoms with Crippen molar-refractivity contribution in [1.29, 1.82) is 0 Å². The molecule has 0 unspecified atom stereocenters. The van der Waals surface area contributed by atoms with Crippen LogP contribution in [0.3, 0.4) is 0 Å². The summed E-state index contributed by atoms with van der Waals surface area (Å²) >= 11 is 0. The van der Waals surface area contributed by atoms with Crippen LogP contribution in [0.2, 0.25) is 0 Å². The summed E-state index contributed by atoms with van der Waals surface area (Å²) in [5.41, 5.74) is -0.927. The van der Waals surface area contributed by atoms with Crippen LogP contribution in [0, 0.1) is 6.92 Å². The summed E-state index contributed by atoms with van der Waals surface area (Å²) in [6, 6.07) is 1.74. The SMILES string of the molecule is Cc1c(OS(=O)(=O)F)cc(B(O)O)cc1C(=O)O. The van der Waals surface area contributed by atoms with Gasteiger partial charge >= 0.3 is 23.6 Å². The van der Waals surface area contributed by atoms with Gasteiger partial charge in [0.25, 0.3) is 0 Å². The lowest BCUT2D eigenvalue weighted by Crippen LogP contribution is -2.31. The van der Waals surface area contributed by atoms with Gasteiger partial charge < -0.3 is 19.3 Å². The average molecular weight is 278 g/mol. The van der Waals surface area contributed by atoms with Crippen molar-refractivity contribution in [2.75, 3.05) is 0 Å². The molecule has 0 spiro atoms. The zero-order valence-electron chi connectivity index (χ0n) is 8.99. The minimum atomic E-state index is -5.34. The second-order valence-corrected chi connectivity index (χ2v) is 4.30. The molecule has 1 aromatic carbocycles. The molecule has 0 bridgehead atoms. The summed E-state index contributed by atoms with van der Waals surface area (Å²) in [4.78, 5) is 10.9. The van der Waals surface area contributed by atoms with Gasteiger partial charge in [-0.2, -0.15) is 8.42 Å². The first kappa shape index (κ1) is 14.4. The maximum absolute atomic E-state index is 12.4. The van der Waals surface area contributed by atoms with Crippen LogP contribution in [0.25, 0.3) is 0 Å². The molecule has 0 saturated heterocycles. The molecule has 0 amide bonds. The topological polar surface area (TPSA) is 121 Å². The molecular formula is C8H8BFO7S. The van der Waals surface area contributed by atoms with E-state index in [0.29, 0.717) is 0 Å². The standard InChI is InChI=1S/C8H8BFO7S/c1-4-6(8(11)12)2-5(9(13)14)3-7(4)17-18(10,15)16/h2-3,13-14H,1H3,(H,11,12). The van der Waals surface area contributed by atoms with Crippen LogP contribution in [-0.2, 0) is 10.5 Å². The molecule has 0 aliphatic heterocycles. The lowest BCUT2D eigenvalue weighted by molar-refractivity contribution is 0.0695. The Bertz CT molecular complexity index is 583. The van der Waals surface area contributed by atoms with Gasteiger partial charge in [-0.1, -0.05) is 3.89 Å². The van der Waals surface area contributed by atoms with Crippen molar-refractivity contribution in [2.24, 2.45) is 0 Å². The zero-order valence-corrected chi connectivity index (χ0v) is 9.81. The third kappa shape index (κ3) is 3.42. The molecule has 0 heterocycles. The smallest absolute Gasteiger partial charge is 0.478 e. The quantitative estimate of drug-likeness (QED) is 0.475. The summed E-state index contributed by atoms with van der Waals surface area (Å²) in [5.74, 6) is -2.07. The summed E-state index contributed by atoms with van der Waals surface area (Å²) < 4.78 is 37.0. The highest BCUT2D eigenvalue weighted by Crippen LogP contribution is 2.22. The largest absolute Gasteiger partial charge is 0.488 e. The van der Waals surface area contributed by atoms with Gasteiger partial charge in [-0.25, -0.2) is 4.79 Å². The summed E-state index contributed by atoms with van der Waals surface area (Å²) in [7, 11) is -7.39. The van der Waals surface area contributed by atoms with Crippen LogP contribution in [0.1, 0.15) is 15.9 Å². The molecule has 18 heavy (non-hydrogen) atoms. The first-order valence-corrected chi connectivity index (χ1v) is 5.80. The predicted octanol–water partition coefficient (Wildman–Crippen LogP) is -1.03. The van der Waals surface area contributed by atoms with Crippen molar-refractivity contribution < 1.29 is 36.4 Å². The molecule has 0 saturated carbocycles. The Balaban J connectivity index is 3.45. The number of benzene rings is 1. The summed E-state index contributed by atoms with van der Waals surface area (Å²) in [6.45, 7) is 1.19. The molecule has 7 nitrogen and oxygen atoms in total. The number of rotatable bonds is 4. The van der Waals surface area contributed by atoms with E-state index in [0.717, 1.165) is 12.1 Å². The van der Waals surface area contributed by atoms with E-state index in [1.807, 2.05) is 0 Å². The van der Waals surface area contributed by atoms with Crippen LogP contribution in [0.4, 0.5) is 3.89 Å². The van der Waals surface area contributed by atoms with Crippen molar-refractivity contribution >= 4 is 29.1 Å². The van der Waals surface area contributed by atoms with Gasteiger partial charge in [0.15, 0.2) is 0 Å². The minimum absolute atomic E-state index is 0.159. The van der Waals surface area contributed by atoms with Gasteiger partial charge in [-0.15, -0.1) is 0 Å². The maximum Gasteiger partial charge on any atom is 0.488 e. The summed E-state index contributed by atoms with van der Waals surface area (Å²) in [6.07, 6.45) is 0. The van der Waals surface area contributed by atoms with Gasteiger partial charge in [0.2, 0.25) is 0 Å². The molecule has 0 aromatic heterocycles. The van der Waals surface area contributed by atoms with E-state index in [-0.39, 0.29) is 11.0 Å². The Morgan fingerprint density at radius 3 is 2.33 bits per heavy atom. The van der Waals surface area contributed by atoms with E-state index in [1.54, 1.807) is 0 Å². The first-order chi connectivity index (χ1) is 8.11. The van der Waals surface area contributed by atoms with Crippen molar-refractivity contribution in [3.05, 3.63) is 23.3 Å².